The van der Waals surface area contributed by atoms with E-state index in [9.17, 15) is 0 Å². The number of nitrogens with two attached hydrogens (primary N) is 1. The molecular formula is C15H17N5S. The predicted molar refractivity (Wildman–Crippen MR) is 87.5 cm³/mol. The van der Waals surface area contributed by atoms with Crippen molar-refractivity contribution in [1.82, 2.24) is 15.0 Å². The fourth-order valence-electron chi connectivity index (χ4n) is 2.17. The summed E-state index contributed by atoms with van der Waals surface area (Å²) in [4.78, 5) is 15.3. The van der Waals surface area contributed by atoms with Crippen molar-refractivity contribution in [3.63, 3.8) is 0 Å². The van der Waals surface area contributed by atoms with Crippen LogP contribution < -0.4 is 11.1 Å². The Morgan fingerprint density at radius 1 is 1.24 bits per heavy atom. The Hall–Kier alpha value is -2.21. The van der Waals surface area contributed by atoms with Crippen LogP contribution in [0.3, 0.4) is 0 Å². The molecule has 0 saturated heterocycles. The lowest BCUT2D eigenvalue weighted by atomic mass is 10.3. The number of anilines is 2. The van der Waals surface area contributed by atoms with Crippen LogP contribution in [0.25, 0.3) is 10.2 Å². The monoisotopic (exact) mass is 299 g/mol. The van der Waals surface area contributed by atoms with Crippen LogP contribution in [0.2, 0.25) is 0 Å². The molecule has 0 spiro atoms. The minimum absolute atomic E-state index is 0.298. The van der Waals surface area contributed by atoms with Gasteiger partial charge in [0.05, 0.1) is 17.6 Å². The van der Waals surface area contributed by atoms with E-state index in [2.05, 4.69) is 33.3 Å². The first-order valence-corrected chi connectivity index (χ1v) is 7.69. The van der Waals surface area contributed by atoms with Gasteiger partial charge >= 0.3 is 0 Å². The number of nitrogens with zero attached hydrogens (tertiary/aromatic N) is 3. The highest BCUT2D eigenvalue weighted by molar-refractivity contribution is 7.18. The Labute approximate surface area is 127 Å². The van der Waals surface area contributed by atoms with Crippen LogP contribution in [0, 0.1) is 6.92 Å². The Balaban J connectivity index is 1.90. The second-order valence-corrected chi connectivity index (χ2v) is 5.95. The number of rotatable bonds is 4. The fourth-order valence-corrected chi connectivity index (χ4v) is 3.14. The number of fused-ring (bicyclic) bond motifs is 1. The molecule has 3 rings (SSSR count). The maximum absolute atomic E-state index is 5.80. The van der Waals surface area contributed by atoms with E-state index in [1.165, 1.54) is 4.88 Å². The lowest BCUT2D eigenvalue weighted by Crippen LogP contribution is -2.06. The predicted octanol–water partition coefficient (Wildman–Crippen LogP) is 3.15. The van der Waals surface area contributed by atoms with Crippen molar-refractivity contribution >= 4 is 33.3 Å². The number of thiophene rings is 1. The lowest BCUT2D eigenvalue weighted by molar-refractivity contribution is 1.01. The van der Waals surface area contributed by atoms with Gasteiger partial charge in [-0.05, 0) is 31.5 Å². The maximum Gasteiger partial charge on any atom is 0.223 e. The molecule has 0 atom stereocenters. The van der Waals surface area contributed by atoms with E-state index in [1.807, 2.05) is 25.1 Å². The molecule has 21 heavy (non-hydrogen) atoms. The molecule has 108 valence electrons. The molecule has 0 amide bonds. The summed E-state index contributed by atoms with van der Waals surface area (Å²) in [5.41, 5.74) is 7.78. The first kappa shape index (κ1) is 13.8. The van der Waals surface area contributed by atoms with Crippen LogP contribution in [0.1, 0.15) is 23.2 Å². The van der Waals surface area contributed by atoms with E-state index in [0.717, 1.165) is 33.8 Å². The van der Waals surface area contributed by atoms with Crippen LogP contribution in [0.5, 0.6) is 0 Å². The molecule has 5 nitrogen and oxygen atoms in total. The highest BCUT2D eigenvalue weighted by Crippen LogP contribution is 2.30. The highest BCUT2D eigenvalue weighted by atomic mass is 32.1. The number of hydrogen-bond acceptors (Lipinski definition) is 6. The molecule has 0 saturated carbocycles. The molecule has 6 heteroatoms. The largest absolute Gasteiger partial charge is 0.368 e. The Kier molecular flexibility index (Phi) is 3.70. The van der Waals surface area contributed by atoms with E-state index >= 15 is 0 Å². The number of aryl methyl sites for hydroxylation is 2. The lowest BCUT2D eigenvalue weighted by Gasteiger charge is -2.07. The average Bonchev–Trinajstić information content (AvgIpc) is 2.87. The number of pyridine rings is 1. The van der Waals surface area contributed by atoms with Gasteiger partial charge in [0.15, 0.2) is 0 Å². The van der Waals surface area contributed by atoms with Gasteiger partial charge in [0.1, 0.15) is 10.6 Å². The van der Waals surface area contributed by atoms with E-state index in [1.54, 1.807) is 11.3 Å². The van der Waals surface area contributed by atoms with E-state index in [4.69, 9.17) is 5.73 Å². The molecule has 0 aliphatic rings. The Morgan fingerprint density at radius 3 is 2.86 bits per heavy atom. The molecular weight excluding hydrogens is 282 g/mol. The van der Waals surface area contributed by atoms with Crippen molar-refractivity contribution in [2.45, 2.75) is 26.8 Å². The zero-order chi connectivity index (χ0) is 14.8. The number of nitrogen functional groups attached to an aromatic ring is 1. The summed E-state index contributed by atoms with van der Waals surface area (Å²) in [7, 11) is 0. The van der Waals surface area contributed by atoms with Crippen LogP contribution >= 0.6 is 11.3 Å². The van der Waals surface area contributed by atoms with Crippen molar-refractivity contribution in [2.24, 2.45) is 0 Å². The summed E-state index contributed by atoms with van der Waals surface area (Å²) in [6, 6.07) is 8.11. The Bertz CT molecular complexity index is 781. The molecule has 3 aromatic heterocycles. The third-order valence-electron chi connectivity index (χ3n) is 3.19. The minimum atomic E-state index is 0.298. The molecule has 0 bridgehead atoms. The summed E-state index contributed by atoms with van der Waals surface area (Å²) < 4.78 is 0. The van der Waals surface area contributed by atoms with Gasteiger partial charge in [-0.25, -0.2) is 4.98 Å². The quantitative estimate of drug-likeness (QED) is 0.774. The number of aromatic nitrogens is 3. The third kappa shape index (κ3) is 2.95. The van der Waals surface area contributed by atoms with Crippen molar-refractivity contribution in [2.75, 3.05) is 11.1 Å². The van der Waals surface area contributed by atoms with Crippen molar-refractivity contribution in [1.29, 1.82) is 0 Å². The van der Waals surface area contributed by atoms with Gasteiger partial charge in [-0.2, -0.15) is 4.98 Å². The minimum Gasteiger partial charge on any atom is -0.368 e. The van der Waals surface area contributed by atoms with E-state index < -0.39 is 0 Å². The summed E-state index contributed by atoms with van der Waals surface area (Å²) >= 11 is 1.66. The Morgan fingerprint density at radius 2 is 2.10 bits per heavy atom. The summed E-state index contributed by atoms with van der Waals surface area (Å²) in [6.07, 6.45) is 0.986. The first-order valence-electron chi connectivity index (χ1n) is 6.88. The third-order valence-corrected chi connectivity index (χ3v) is 4.37. The number of nitrogens with one attached hydrogen (secondary N) is 1. The van der Waals surface area contributed by atoms with Crippen molar-refractivity contribution in [3.8, 4) is 0 Å². The number of hydrogen-bond donors (Lipinski definition) is 2. The van der Waals surface area contributed by atoms with Gasteiger partial charge in [-0.3, -0.25) is 4.98 Å². The van der Waals surface area contributed by atoms with Gasteiger partial charge in [-0.1, -0.05) is 13.0 Å². The molecule has 3 N–H and O–H groups in total. The molecule has 0 aromatic carbocycles. The summed E-state index contributed by atoms with van der Waals surface area (Å²) in [5.74, 6) is 1.07. The van der Waals surface area contributed by atoms with Crippen LogP contribution in [-0.2, 0) is 13.0 Å². The van der Waals surface area contributed by atoms with Gasteiger partial charge in [0.2, 0.25) is 5.95 Å². The highest BCUT2D eigenvalue weighted by Gasteiger charge is 2.10. The first-order chi connectivity index (χ1) is 10.2. The smallest absolute Gasteiger partial charge is 0.223 e. The molecule has 0 unspecified atom stereocenters. The molecule has 0 aliphatic carbocycles. The van der Waals surface area contributed by atoms with E-state index in [-0.39, 0.29) is 0 Å². The van der Waals surface area contributed by atoms with Crippen molar-refractivity contribution in [3.05, 3.63) is 40.5 Å². The molecule has 0 radical (unpaired) electrons. The van der Waals surface area contributed by atoms with Crippen LogP contribution in [0.15, 0.2) is 24.3 Å². The topological polar surface area (TPSA) is 76.7 Å². The SMILES string of the molecule is CCc1cc2c(NCc3cccc(C)n3)nc(N)nc2s1. The van der Waals surface area contributed by atoms with Crippen LogP contribution in [0.4, 0.5) is 11.8 Å². The molecule has 0 fully saturated rings. The second kappa shape index (κ2) is 5.65. The standard InChI is InChI=1S/C15H17N5S/c1-3-11-7-12-13(19-15(16)20-14(12)21-11)17-8-10-6-4-5-9(2)18-10/h4-7H,3,8H2,1-2H3,(H3,16,17,19,20). The van der Waals surface area contributed by atoms with E-state index in [0.29, 0.717) is 12.5 Å². The van der Waals surface area contributed by atoms with Gasteiger partial charge < -0.3 is 11.1 Å². The second-order valence-electron chi connectivity index (χ2n) is 4.84. The average molecular weight is 299 g/mol. The normalized spacial score (nSPS) is 11.0. The van der Waals surface area contributed by atoms with Gasteiger partial charge in [0, 0.05) is 10.6 Å². The van der Waals surface area contributed by atoms with Gasteiger partial charge in [0.25, 0.3) is 0 Å². The van der Waals surface area contributed by atoms with Crippen LogP contribution in [-0.4, -0.2) is 15.0 Å². The zero-order valence-corrected chi connectivity index (χ0v) is 12.9. The van der Waals surface area contributed by atoms with Gasteiger partial charge in [-0.15, -0.1) is 11.3 Å². The fraction of sp³-hybridized carbons (Fsp3) is 0.267. The molecule has 3 heterocycles. The zero-order valence-electron chi connectivity index (χ0n) is 12.1. The molecule has 3 aromatic rings. The van der Waals surface area contributed by atoms with Crippen molar-refractivity contribution < 1.29 is 0 Å². The molecule has 0 aliphatic heterocycles. The summed E-state index contributed by atoms with van der Waals surface area (Å²) in [5, 5.41) is 4.35. The summed E-state index contributed by atoms with van der Waals surface area (Å²) in [6.45, 7) is 4.73. The maximum atomic E-state index is 5.80.